The van der Waals surface area contributed by atoms with Gasteiger partial charge in [-0.25, -0.2) is 19.7 Å². The van der Waals surface area contributed by atoms with Crippen molar-refractivity contribution in [3.63, 3.8) is 0 Å². The van der Waals surface area contributed by atoms with E-state index in [0.29, 0.717) is 23.3 Å². The Balaban J connectivity index is 1.54. The van der Waals surface area contributed by atoms with Gasteiger partial charge in [-0.05, 0) is 5.56 Å². The predicted octanol–water partition coefficient (Wildman–Crippen LogP) is -0.359. The number of benzene rings is 1. The molecule has 33 heavy (non-hydrogen) atoms. The van der Waals surface area contributed by atoms with Gasteiger partial charge in [-0.1, -0.05) is 30.3 Å². The zero-order chi connectivity index (χ0) is 23.8. The summed E-state index contributed by atoms with van der Waals surface area (Å²) in [7, 11) is -5.11. The first-order valence-corrected chi connectivity index (χ1v) is 11.5. The minimum Gasteiger partial charge on any atom is -0.479 e. The lowest BCUT2D eigenvalue weighted by Crippen LogP contribution is -2.36. The van der Waals surface area contributed by atoms with E-state index in [0.717, 1.165) is 5.56 Å². The van der Waals surface area contributed by atoms with E-state index in [9.17, 15) is 19.6 Å². The maximum atomic E-state index is 11.3. The summed E-state index contributed by atoms with van der Waals surface area (Å²) in [5.74, 6) is -4.29. The van der Waals surface area contributed by atoms with Crippen molar-refractivity contribution >= 4 is 24.7 Å². The van der Waals surface area contributed by atoms with Gasteiger partial charge in [0.05, 0.1) is 18.6 Å². The summed E-state index contributed by atoms with van der Waals surface area (Å²) in [5, 5.41) is 29.8. The zero-order valence-electron chi connectivity index (χ0n) is 16.9. The summed E-state index contributed by atoms with van der Waals surface area (Å²) >= 11 is 0. The fraction of sp³-hybridized carbons (Fsp3) is 0.368. The van der Waals surface area contributed by atoms with Gasteiger partial charge in [0.25, 0.3) is 5.85 Å². The number of rotatable bonds is 8. The Labute approximate surface area is 186 Å². The molecule has 0 aliphatic carbocycles. The molecule has 2 aromatic heterocycles. The highest BCUT2D eigenvalue weighted by Gasteiger charge is 2.46. The van der Waals surface area contributed by atoms with Gasteiger partial charge in [-0.2, -0.15) is 0 Å². The number of hydrogen-bond acceptors (Lipinski definition) is 9. The van der Waals surface area contributed by atoms with Crippen molar-refractivity contribution in [1.29, 1.82) is 0 Å². The first-order valence-electron chi connectivity index (χ1n) is 9.78. The van der Waals surface area contributed by atoms with Gasteiger partial charge >= 0.3 is 13.6 Å². The smallest absolute Gasteiger partial charge is 0.365 e. The van der Waals surface area contributed by atoms with E-state index in [1.807, 2.05) is 30.3 Å². The fourth-order valence-corrected chi connectivity index (χ4v) is 4.17. The molecule has 1 aliphatic heterocycles. The van der Waals surface area contributed by atoms with E-state index in [1.54, 1.807) is 0 Å². The first kappa shape index (κ1) is 23.4. The molecule has 1 unspecified atom stereocenters. The Bertz CT molecular complexity index is 1180. The number of fused-ring (bicyclic) bond motifs is 1. The molecule has 5 atom stereocenters. The van der Waals surface area contributed by atoms with Crippen LogP contribution in [0.3, 0.4) is 0 Å². The fourth-order valence-electron chi connectivity index (χ4n) is 3.60. The third-order valence-corrected chi connectivity index (χ3v) is 6.18. The van der Waals surface area contributed by atoms with E-state index < -0.39 is 50.6 Å². The van der Waals surface area contributed by atoms with Crippen LogP contribution >= 0.6 is 7.60 Å². The van der Waals surface area contributed by atoms with Gasteiger partial charge in [0.2, 0.25) is 0 Å². The number of carbonyl (C=O) groups is 1. The third-order valence-electron chi connectivity index (χ3n) is 5.20. The molecule has 1 aromatic carbocycles. The average Bonchev–Trinajstić information content (AvgIpc) is 3.30. The van der Waals surface area contributed by atoms with Crippen molar-refractivity contribution in [3.8, 4) is 0 Å². The second-order valence-electron chi connectivity index (χ2n) is 7.47. The quantitative estimate of drug-likeness (QED) is 0.263. The van der Waals surface area contributed by atoms with Crippen molar-refractivity contribution in [2.75, 3.05) is 6.61 Å². The van der Waals surface area contributed by atoms with Crippen LogP contribution in [0.15, 0.2) is 43.0 Å². The molecular formula is C19H21N4O9P. The lowest BCUT2D eigenvalue weighted by Gasteiger charge is -2.19. The first-order chi connectivity index (χ1) is 15.7. The zero-order valence-corrected chi connectivity index (χ0v) is 17.8. The molecule has 0 spiro atoms. The van der Waals surface area contributed by atoms with Crippen molar-refractivity contribution in [3.05, 3.63) is 54.2 Å². The number of aromatic nitrogens is 4. The van der Waals surface area contributed by atoms with E-state index >= 15 is 0 Å². The molecule has 0 radical (unpaired) electrons. The van der Waals surface area contributed by atoms with Crippen LogP contribution in [0.5, 0.6) is 0 Å². The number of aliphatic carboxylic acids is 1. The number of aliphatic hydroxyl groups is 2. The second-order valence-corrected chi connectivity index (χ2v) is 9.11. The van der Waals surface area contributed by atoms with Crippen LogP contribution in [0.1, 0.15) is 17.5 Å². The van der Waals surface area contributed by atoms with Crippen LogP contribution in [-0.2, 0) is 25.3 Å². The van der Waals surface area contributed by atoms with Gasteiger partial charge < -0.3 is 34.6 Å². The Kier molecular flexibility index (Phi) is 6.54. The van der Waals surface area contributed by atoms with E-state index in [1.165, 1.54) is 17.2 Å². The summed E-state index contributed by atoms with van der Waals surface area (Å²) in [6.07, 6.45) is -2.21. The molecule has 5 N–H and O–H groups in total. The molecule has 1 aliphatic rings. The van der Waals surface area contributed by atoms with Crippen molar-refractivity contribution in [2.24, 2.45) is 0 Å². The van der Waals surface area contributed by atoms with E-state index in [-0.39, 0.29) is 0 Å². The van der Waals surface area contributed by atoms with Gasteiger partial charge in [-0.15, -0.1) is 0 Å². The Morgan fingerprint density at radius 3 is 2.55 bits per heavy atom. The summed E-state index contributed by atoms with van der Waals surface area (Å²) in [6, 6.07) is 9.59. The average molecular weight is 480 g/mol. The molecule has 176 valence electrons. The Morgan fingerprint density at radius 1 is 1.15 bits per heavy atom. The van der Waals surface area contributed by atoms with Crippen molar-refractivity contribution in [1.82, 2.24) is 19.5 Å². The summed E-state index contributed by atoms with van der Waals surface area (Å²) < 4.78 is 23.1. The maximum absolute atomic E-state index is 11.3. The summed E-state index contributed by atoms with van der Waals surface area (Å²) in [6.45, 7) is -0.683. The van der Waals surface area contributed by atoms with Crippen molar-refractivity contribution in [2.45, 2.75) is 36.8 Å². The highest BCUT2D eigenvalue weighted by molar-refractivity contribution is 7.53. The van der Waals surface area contributed by atoms with Crippen LogP contribution in [0.25, 0.3) is 11.2 Å². The molecule has 14 heteroatoms. The standard InChI is InChI=1S/C19H21N4O9P/c24-14-12(7-31-19(18(26)27)33(28,29)30)32-17(15(14)25)23-9-22-13-11(20-8-21-16(13)23)6-10-4-2-1-3-5-10/h1-5,8-9,12,14-15,17,19,24-25H,6-7H2,(H,26,27)(H2,28,29,30)/t12-,14-,15-,17-,19?/m1/s1. The molecule has 3 aromatic rings. The maximum Gasteiger partial charge on any atom is 0.365 e. The molecular weight excluding hydrogens is 459 g/mol. The van der Waals surface area contributed by atoms with Crippen LogP contribution in [0.2, 0.25) is 0 Å². The number of imidazole rings is 1. The molecule has 0 saturated carbocycles. The van der Waals surface area contributed by atoms with Gasteiger partial charge in [-0.3, -0.25) is 9.13 Å². The molecule has 13 nitrogen and oxygen atoms in total. The molecule has 0 bridgehead atoms. The number of nitrogens with zero attached hydrogens (tertiary/aromatic N) is 4. The van der Waals surface area contributed by atoms with E-state index in [4.69, 9.17) is 24.4 Å². The largest absolute Gasteiger partial charge is 0.479 e. The summed E-state index contributed by atoms with van der Waals surface area (Å²) in [4.78, 5) is 42.1. The number of carboxylic acids is 1. The minimum atomic E-state index is -5.11. The number of aliphatic hydroxyl groups excluding tert-OH is 2. The van der Waals surface area contributed by atoms with Gasteiger partial charge in [0.15, 0.2) is 11.9 Å². The molecule has 4 rings (SSSR count). The summed E-state index contributed by atoms with van der Waals surface area (Å²) in [5.41, 5.74) is 2.46. The monoisotopic (exact) mass is 480 g/mol. The normalized spacial score (nSPS) is 24.2. The van der Waals surface area contributed by atoms with Gasteiger partial charge in [0, 0.05) is 6.42 Å². The van der Waals surface area contributed by atoms with Crippen LogP contribution in [0.4, 0.5) is 0 Å². The molecule has 0 amide bonds. The highest BCUT2D eigenvalue weighted by atomic mass is 31.2. The van der Waals surface area contributed by atoms with E-state index in [2.05, 4.69) is 15.0 Å². The second kappa shape index (κ2) is 9.23. The van der Waals surface area contributed by atoms with Crippen molar-refractivity contribution < 1.29 is 43.9 Å². The minimum absolute atomic E-state index is 0.340. The number of ether oxygens (including phenoxy) is 2. The Morgan fingerprint density at radius 2 is 1.88 bits per heavy atom. The lowest BCUT2D eigenvalue weighted by atomic mass is 10.1. The lowest BCUT2D eigenvalue weighted by molar-refractivity contribution is -0.149. The molecule has 1 fully saturated rings. The topological polar surface area (TPSA) is 197 Å². The van der Waals surface area contributed by atoms with Gasteiger partial charge in [0.1, 0.15) is 30.2 Å². The van der Waals surface area contributed by atoms with Crippen LogP contribution in [-0.4, -0.2) is 81.4 Å². The van der Waals surface area contributed by atoms with Crippen LogP contribution in [0, 0.1) is 0 Å². The van der Waals surface area contributed by atoms with Crippen LogP contribution < -0.4 is 0 Å². The number of hydrogen-bond donors (Lipinski definition) is 5. The SMILES string of the molecule is O=C(O)C(OC[C@H]1O[C@@H](n2cnc3c(Cc4ccccc4)ncnc32)[C@H](O)[C@@H]1O)P(=O)(O)O. The third kappa shape index (κ3) is 4.80. The highest BCUT2D eigenvalue weighted by Crippen LogP contribution is 2.42. The predicted molar refractivity (Wildman–Crippen MR) is 110 cm³/mol. The number of carboxylic acid groups (broad SMARTS) is 1. The molecule has 3 heterocycles. The Hall–Kier alpha value is -2.77. The molecule has 1 saturated heterocycles.